The Kier molecular flexibility index (Phi) is 5.71. The lowest BCUT2D eigenvalue weighted by Crippen LogP contribution is -2.37. The normalized spacial score (nSPS) is 11.5. The molecule has 0 bridgehead atoms. The van der Waals surface area contributed by atoms with Gasteiger partial charge in [0.2, 0.25) is 0 Å². The van der Waals surface area contributed by atoms with Crippen LogP contribution in [0.5, 0.6) is 0 Å². The first-order valence-corrected chi connectivity index (χ1v) is 7.95. The fraction of sp³-hybridized carbons (Fsp3) is 0.400. The molecule has 2 N–H and O–H groups in total. The minimum atomic E-state index is 0.479. The monoisotopic (exact) mass is 318 g/mol. The van der Waals surface area contributed by atoms with Gasteiger partial charge in [-0.25, -0.2) is 4.99 Å². The van der Waals surface area contributed by atoms with Crippen LogP contribution in [-0.2, 0) is 20.1 Å². The zero-order chi connectivity index (χ0) is 15.9. The van der Waals surface area contributed by atoms with Crippen LogP contribution < -0.4 is 10.6 Å². The lowest BCUT2D eigenvalue weighted by molar-refractivity contribution is 0.760. The Morgan fingerprint density at radius 2 is 2.18 bits per heavy atom. The Hall–Kier alpha value is -2.15. The Morgan fingerprint density at radius 3 is 2.77 bits per heavy atom. The van der Waals surface area contributed by atoms with Crippen molar-refractivity contribution < 1.29 is 0 Å². The van der Waals surface area contributed by atoms with E-state index in [1.807, 2.05) is 18.5 Å². The molecule has 2 aromatic rings. The summed E-state index contributed by atoms with van der Waals surface area (Å²) in [4.78, 5) is 7.14. The molecular weight excluding hydrogens is 296 g/mol. The minimum Gasteiger partial charge on any atom is -0.353 e. The van der Waals surface area contributed by atoms with Gasteiger partial charge in [0, 0.05) is 23.3 Å². The second-order valence-corrected chi connectivity index (χ2v) is 6.30. The summed E-state index contributed by atoms with van der Waals surface area (Å²) in [5.74, 6) is 2.46. The molecule has 0 amide bonds. The first-order chi connectivity index (χ1) is 10.6. The number of rotatable bonds is 6. The van der Waals surface area contributed by atoms with E-state index in [9.17, 15) is 0 Å². The van der Waals surface area contributed by atoms with Crippen LogP contribution in [0, 0.1) is 13.8 Å². The summed E-state index contributed by atoms with van der Waals surface area (Å²) in [6.07, 6.45) is 1.80. The number of nitrogens with one attached hydrogen (secondary N) is 2. The minimum absolute atomic E-state index is 0.479. The Bertz CT molecular complexity index is 655. The molecule has 2 aromatic heterocycles. The van der Waals surface area contributed by atoms with E-state index in [-0.39, 0.29) is 0 Å². The number of aliphatic imine (C=N–C) groups is 1. The van der Waals surface area contributed by atoms with Crippen LogP contribution in [0.25, 0.3) is 0 Å². The van der Waals surface area contributed by atoms with E-state index < -0.39 is 0 Å². The van der Waals surface area contributed by atoms with Crippen molar-refractivity contribution in [3.05, 3.63) is 46.2 Å². The van der Waals surface area contributed by atoms with Gasteiger partial charge in [0.25, 0.3) is 0 Å². The average Bonchev–Trinajstić information content (AvgIpc) is 3.06. The van der Waals surface area contributed by atoms with Gasteiger partial charge in [-0.1, -0.05) is 6.08 Å². The molecule has 0 radical (unpaired) electrons. The summed E-state index contributed by atoms with van der Waals surface area (Å²) in [6.45, 7) is 9.64. The van der Waals surface area contributed by atoms with E-state index >= 15 is 0 Å². The summed E-state index contributed by atoms with van der Waals surface area (Å²) in [6, 6.07) is 4.25. The van der Waals surface area contributed by atoms with Gasteiger partial charge in [0.05, 0.1) is 6.54 Å². The lowest BCUT2D eigenvalue weighted by Gasteiger charge is -2.10. The van der Waals surface area contributed by atoms with E-state index in [0.29, 0.717) is 13.1 Å². The number of hydrogen-bond acceptors (Lipinski definition) is 4. The topological polar surface area (TPSA) is 67.1 Å². The van der Waals surface area contributed by atoms with Crippen molar-refractivity contribution in [2.24, 2.45) is 12.0 Å². The van der Waals surface area contributed by atoms with Gasteiger partial charge in [0.15, 0.2) is 11.8 Å². The van der Waals surface area contributed by atoms with Gasteiger partial charge in [-0.05, 0) is 26.0 Å². The van der Waals surface area contributed by atoms with Crippen LogP contribution in [0.15, 0.2) is 29.8 Å². The molecule has 0 fully saturated rings. The summed E-state index contributed by atoms with van der Waals surface area (Å²) in [5.41, 5.74) is 0. The highest BCUT2D eigenvalue weighted by Crippen LogP contribution is 2.14. The Balaban J connectivity index is 1.99. The highest BCUT2D eigenvalue weighted by Gasteiger charge is 2.05. The van der Waals surface area contributed by atoms with Crippen molar-refractivity contribution >= 4 is 17.3 Å². The number of thiophene rings is 1. The summed E-state index contributed by atoms with van der Waals surface area (Å²) in [7, 11) is 1.94. The van der Waals surface area contributed by atoms with E-state index in [4.69, 9.17) is 0 Å². The third-order valence-corrected chi connectivity index (χ3v) is 4.20. The van der Waals surface area contributed by atoms with E-state index in [1.54, 1.807) is 17.4 Å². The van der Waals surface area contributed by atoms with E-state index in [1.165, 1.54) is 9.75 Å². The number of nitrogens with zero attached hydrogens (tertiary/aromatic N) is 4. The predicted molar refractivity (Wildman–Crippen MR) is 91.0 cm³/mol. The number of aryl methyl sites for hydroxylation is 2. The van der Waals surface area contributed by atoms with Gasteiger partial charge in [-0.15, -0.1) is 28.1 Å². The second kappa shape index (κ2) is 7.74. The Labute approximate surface area is 135 Å². The second-order valence-electron chi connectivity index (χ2n) is 4.92. The number of hydrogen-bond donors (Lipinski definition) is 2. The zero-order valence-corrected chi connectivity index (χ0v) is 14.1. The van der Waals surface area contributed by atoms with E-state index in [0.717, 1.165) is 24.2 Å². The van der Waals surface area contributed by atoms with Crippen molar-refractivity contribution in [2.45, 2.75) is 26.9 Å². The maximum atomic E-state index is 4.56. The molecule has 0 spiro atoms. The van der Waals surface area contributed by atoms with E-state index in [2.05, 4.69) is 51.5 Å². The lowest BCUT2D eigenvalue weighted by atomic mass is 10.4. The van der Waals surface area contributed by atoms with Crippen LogP contribution in [0.1, 0.15) is 21.4 Å². The maximum absolute atomic E-state index is 4.56. The highest BCUT2D eigenvalue weighted by atomic mass is 32.1. The largest absolute Gasteiger partial charge is 0.353 e. The summed E-state index contributed by atoms with van der Waals surface area (Å²) < 4.78 is 1.94. The van der Waals surface area contributed by atoms with Crippen molar-refractivity contribution in [3.63, 3.8) is 0 Å². The summed E-state index contributed by atoms with van der Waals surface area (Å²) >= 11 is 1.78. The van der Waals surface area contributed by atoms with Gasteiger partial charge in [0.1, 0.15) is 12.4 Å². The smallest absolute Gasteiger partial charge is 0.192 e. The molecule has 0 aliphatic rings. The van der Waals surface area contributed by atoms with Crippen LogP contribution in [0.4, 0.5) is 0 Å². The molecule has 7 heteroatoms. The maximum Gasteiger partial charge on any atom is 0.192 e. The third-order valence-electron chi connectivity index (χ3n) is 3.20. The highest BCUT2D eigenvalue weighted by molar-refractivity contribution is 7.11. The molecule has 0 aromatic carbocycles. The molecule has 0 unspecified atom stereocenters. The van der Waals surface area contributed by atoms with Crippen molar-refractivity contribution in [1.29, 1.82) is 0 Å². The number of guanidine groups is 1. The van der Waals surface area contributed by atoms with Gasteiger partial charge in [-0.2, -0.15) is 0 Å². The molecule has 2 rings (SSSR count). The SMILES string of the molecule is C=CCNC(=NCc1nnc(C)n1C)NCc1ccc(C)s1. The molecule has 0 saturated heterocycles. The predicted octanol–water partition coefficient (Wildman–Crippen LogP) is 1.91. The molecule has 6 nitrogen and oxygen atoms in total. The van der Waals surface area contributed by atoms with Gasteiger partial charge in [-0.3, -0.25) is 0 Å². The molecule has 0 aliphatic carbocycles. The quantitative estimate of drug-likeness (QED) is 0.485. The van der Waals surface area contributed by atoms with Crippen LogP contribution in [0.2, 0.25) is 0 Å². The van der Waals surface area contributed by atoms with Gasteiger partial charge < -0.3 is 15.2 Å². The molecule has 2 heterocycles. The Morgan fingerprint density at radius 1 is 1.36 bits per heavy atom. The van der Waals surface area contributed by atoms with Crippen molar-refractivity contribution in [1.82, 2.24) is 25.4 Å². The first-order valence-electron chi connectivity index (χ1n) is 7.13. The molecule has 0 aliphatic heterocycles. The standard InChI is InChI=1S/C15H22N6S/c1-5-8-16-15(17-9-13-7-6-11(2)22-13)18-10-14-20-19-12(3)21(14)4/h5-7H,1,8-10H2,2-4H3,(H2,16,17,18). The van der Waals surface area contributed by atoms with Gasteiger partial charge >= 0.3 is 0 Å². The fourth-order valence-electron chi connectivity index (χ4n) is 1.83. The molecular formula is C15H22N6S. The first kappa shape index (κ1) is 16.2. The molecule has 22 heavy (non-hydrogen) atoms. The van der Waals surface area contributed by atoms with Crippen LogP contribution in [0.3, 0.4) is 0 Å². The third kappa shape index (κ3) is 4.42. The van der Waals surface area contributed by atoms with Crippen molar-refractivity contribution in [3.8, 4) is 0 Å². The molecule has 118 valence electrons. The molecule has 0 atom stereocenters. The zero-order valence-electron chi connectivity index (χ0n) is 13.3. The number of aromatic nitrogens is 3. The fourth-order valence-corrected chi connectivity index (χ4v) is 2.66. The summed E-state index contributed by atoms with van der Waals surface area (Å²) in [5, 5.41) is 14.7. The molecule has 0 saturated carbocycles. The average molecular weight is 318 g/mol. The van der Waals surface area contributed by atoms with Crippen molar-refractivity contribution in [2.75, 3.05) is 6.54 Å². The van der Waals surface area contributed by atoms with Crippen LogP contribution >= 0.6 is 11.3 Å². The van der Waals surface area contributed by atoms with Crippen LogP contribution in [-0.4, -0.2) is 27.3 Å².